The predicted octanol–water partition coefficient (Wildman–Crippen LogP) is 2.38. The number of ether oxygens (including phenoxy) is 1. The summed E-state index contributed by atoms with van der Waals surface area (Å²) in [6.45, 7) is 1.72. The average molecular weight is 246 g/mol. The molecule has 2 fully saturated rings. The summed E-state index contributed by atoms with van der Waals surface area (Å²) in [6.07, 6.45) is 3.62. The Balaban J connectivity index is 1.75. The third kappa shape index (κ3) is 1.83. The summed E-state index contributed by atoms with van der Waals surface area (Å²) in [4.78, 5) is 11.4. The van der Waals surface area contributed by atoms with Crippen LogP contribution in [-0.4, -0.2) is 24.3 Å². The van der Waals surface area contributed by atoms with E-state index in [1.807, 2.05) is 12.1 Å². The van der Waals surface area contributed by atoms with Crippen LogP contribution in [0, 0.1) is 5.92 Å². The Bertz CT molecular complexity index is 441. The number of rotatable bonds is 4. The summed E-state index contributed by atoms with van der Waals surface area (Å²) in [6, 6.07) is 8.16. The van der Waals surface area contributed by atoms with Gasteiger partial charge in [0.2, 0.25) is 0 Å². The Hall–Kier alpha value is -1.35. The van der Waals surface area contributed by atoms with Crippen molar-refractivity contribution in [1.82, 2.24) is 0 Å². The average Bonchev–Trinajstić information content (AvgIpc) is 2.23. The monoisotopic (exact) mass is 246 g/mol. The smallest absolute Gasteiger partial charge is 0.314 e. The lowest BCUT2D eigenvalue weighted by molar-refractivity contribution is -0.147. The summed E-state index contributed by atoms with van der Waals surface area (Å²) in [5.41, 5.74) is 1.65. The van der Waals surface area contributed by atoms with E-state index in [4.69, 9.17) is 4.74 Å². The lowest BCUT2D eigenvalue weighted by Crippen LogP contribution is -2.42. The molecule has 0 radical (unpaired) electrons. The maximum atomic E-state index is 11.4. The first-order valence-corrected chi connectivity index (χ1v) is 6.61. The highest BCUT2D eigenvalue weighted by atomic mass is 16.5. The molecule has 1 aromatic carbocycles. The number of hydrogen-bond donors (Lipinski definition) is 1. The molecule has 3 rings (SSSR count). The number of carbonyl (C=O) groups is 1. The molecule has 2 aliphatic rings. The van der Waals surface area contributed by atoms with Crippen LogP contribution in [0.25, 0.3) is 0 Å². The highest BCUT2D eigenvalue weighted by molar-refractivity contribution is 5.82. The van der Waals surface area contributed by atoms with Crippen molar-refractivity contribution in [2.24, 2.45) is 5.92 Å². The summed E-state index contributed by atoms with van der Waals surface area (Å²) >= 11 is 0. The Kier molecular flexibility index (Phi) is 2.86. The van der Waals surface area contributed by atoms with Crippen molar-refractivity contribution in [3.63, 3.8) is 0 Å². The minimum atomic E-state index is -0.672. The second kappa shape index (κ2) is 4.39. The van der Waals surface area contributed by atoms with Crippen LogP contribution in [0.2, 0.25) is 0 Å². The molecule has 0 spiro atoms. The van der Waals surface area contributed by atoms with E-state index in [-0.39, 0.29) is 0 Å². The fraction of sp³-hybridized carbons (Fsp3) is 0.533. The lowest BCUT2D eigenvalue weighted by atomic mass is 9.64. The second-order valence-electron chi connectivity index (χ2n) is 5.55. The van der Waals surface area contributed by atoms with Gasteiger partial charge in [0, 0.05) is 5.92 Å². The number of carboxylic acid groups (broad SMARTS) is 1. The zero-order valence-electron chi connectivity index (χ0n) is 10.4. The summed E-state index contributed by atoms with van der Waals surface area (Å²) in [5, 5.41) is 9.38. The molecule has 96 valence electrons. The summed E-state index contributed by atoms with van der Waals surface area (Å²) in [5.74, 6) is -0.0260. The van der Waals surface area contributed by atoms with E-state index in [1.165, 1.54) is 5.56 Å². The van der Waals surface area contributed by atoms with Crippen molar-refractivity contribution in [2.75, 3.05) is 13.2 Å². The normalized spacial score (nSPS) is 22.0. The molecule has 1 aliphatic heterocycles. The van der Waals surface area contributed by atoms with Gasteiger partial charge >= 0.3 is 5.97 Å². The molecule has 1 N–H and O–H groups in total. The Morgan fingerprint density at radius 3 is 2.33 bits per heavy atom. The van der Waals surface area contributed by atoms with Crippen LogP contribution in [0.1, 0.15) is 30.4 Å². The molecule has 0 unspecified atom stereocenters. The number of hydrogen-bond acceptors (Lipinski definition) is 2. The Labute approximate surface area is 107 Å². The summed E-state index contributed by atoms with van der Waals surface area (Å²) in [7, 11) is 0. The van der Waals surface area contributed by atoms with Gasteiger partial charge in [0.05, 0.1) is 18.6 Å². The fourth-order valence-corrected chi connectivity index (χ4v) is 2.85. The van der Waals surface area contributed by atoms with Crippen LogP contribution in [-0.2, 0) is 21.4 Å². The van der Waals surface area contributed by atoms with Crippen LogP contribution in [0.3, 0.4) is 0 Å². The molecule has 3 nitrogen and oxygen atoms in total. The van der Waals surface area contributed by atoms with E-state index in [0.29, 0.717) is 5.92 Å². The van der Waals surface area contributed by atoms with Gasteiger partial charge in [0.25, 0.3) is 0 Å². The van der Waals surface area contributed by atoms with Gasteiger partial charge in [0.1, 0.15) is 0 Å². The van der Waals surface area contributed by atoms with Crippen LogP contribution < -0.4 is 0 Å². The highest BCUT2D eigenvalue weighted by Gasteiger charge is 2.45. The van der Waals surface area contributed by atoms with Gasteiger partial charge in [-0.2, -0.15) is 0 Å². The van der Waals surface area contributed by atoms with Gasteiger partial charge in [-0.25, -0.2) is 0 Å². The molecular formula is C15H18O3. The molecule has 0 atom stereocenters. The van der Waals surface area contributed by atoms with E-state index in [2.05, 4.69) is 12.1 Å². The SMILES string of the molecule is O=C(O)C1(c2ccc(CC3COC3)cc2)CCC1. The minimum Gasteiger partial charge on any atom is -0.481 e. The van der Waals surface area contributed by atoms with Crippen molar-refractivity contribution in [2.45, 2.75) is 31.1 Å². The van der Waals surface area contributed by atoms with E-state index in [0.717, 1.165) is 44.5 Å². The number of benzene rings is 1. The van der Waals surface area contributed by atoms with Gasteiger partial charge in [-0.3, -0.25) is 4.79 Å². The van der Waals surface area contributed by atoms with Crippen LogP contribution in [0.15, 0.2) is 24.3 Å². The Morgan fingerprint density at radius 2 is 1.94 bits per heavy atom. The van der Waals surface area contributed by atoms with E-state index < -0.39 is 11.4 Å². The number of aliphatic carboxylic acids is 1. The number of carboxylic acids is 1. The van der Waals surface area contributed by atoms with Crippen molar-refractivity contribution in [3.05, 3.63) is 35.4 Å². The molecule has 1 saturated carbocycles. The van der Waals surface area contributed by atoms with Gasteiger partial charge < -0.3 is 9.84 Å². The first kappa shape index (κ1) is 11.7. The predicted molar refractivity (Wildman–Crippen MR) is 67.6 cm³/mol. The zero-order chi connectivity index (χ0) is 12.6. The van der Waals surface area contributed by atoms with Crippen LogP contribution in [0.4, 0.5) is 0 Å². The fourth-order valence-electron chi connectivity index (χ4n) is 2.85. The first-order chi connectivity index (χ1) is 8.71. The van der Waals surface area contributed by atoms with Crippen molar-refractivity contribution in [3.8, 4) is 0 Å². The lowest BCUT2D eigenvalue weighted by Gasteiger charge is -2.38. The molecule has 1 saturated heterocycles. The van der Waals surface area contributed by atoms with Gasteiger partial charge in [-0.15, -0.1) is 0 Å². The standard InChI is InChI=1S/C15H18O3/c16-14(17)15(6-1-7-15)13-4-2-11(3-5-13)8-12-9-18-10-12/h2-5,12H,1,6-10H2,(H,16,17). The third-order valence-electron chi connectivity index (χ3n) is 4.35. The third-order valence-corrected chi connectivity index (χ3v) is 4.35. The molecule has 18 heavy (non-hydrogen) atoms. The highest BCUT2D eigenvalue weighted by Crippen LogP contribution is 2.44. The maximum absolute atomic E-state index is 11.4. The Morgan fingerprint density at radius 1 is 1.28 bits per heavy atom. The zero-order valence-corrected chi connectivity index (χ0v) is 10.4. The molecule has 0 bridgehead atoms. The second-order valence-corrected chi connectivity index (χ2v) is 5.55. The first-order valence-electron chi connectivity index (χ1n) is 6.61. The van der Waals surface area contributed by atoms with E-state index in [1.54, 1.807) is 0 Å². The largest absolute Gasteiger partial charge is 0.481 e. The van der Waals surface area contributed by atoms with Crippen LogP contribution >= 0.6 is 0 Å². The molecule has 1 heterocycles. The summed E-state index contributed by atoms with van der Waals surface area (Å²) < 4.78 is 5.17. The molecular weight excluding hydrogens is 228 g/mol. The van der Waals surface area contributed by atoms with Gasteiger partial charge in [-0.1, -0.05) is 30.7 Å². The van der Waals surface area contributed by atoms with Crippen molar-refractivity contribution >= 4 is 5.97 Å². The molecule has 0 aromatic heterocycles. The van der Waals surface area contributed by atoms with E-state index in [9.17, 15) is 9.90 Å². The van der Waals surface area contributed by atoms with Gasteiger partial charge in [-0.05, 0) is 30.4 Å². The molecule has 0 amide bonds. The topological polar surface area (TPSA) is 46.5 Å². The molecule has 1 aromatic rings. The van der Waals surface area contributed by atoms with Gasteiger partial charge in [0.15, 0.2) is 0 Å². The van der Waals surface area contributed by atoms with E-state index >= 15 is 0 Å². The molecule has 3 heteroatoms. The van der Waals surface area contributed by atoms with Crippen molar-refractivity contribution < 1.29 is 14.6 Å². The molecule has 1 aliphatic carbocycles. The minimum absolute atomic E-state index is 0.599. The maximum Gasteiger partial charge on any atom is 0.314 e. The van der Waals surface area contributed by atoms with Crippen LogP contribution in [0.5, 0.6) is 0 Å². The quantitative estimate of drug-likeness (QED) is 0.887. The van der Waals surface area contributed by atoms with Crippen molar-refractivity contribution in [1.29, 1.82) is 0 Å².